The molecule has 0 amide bonds. The molecule has 126 valence electrons. The summed E-state index contributed by atoms with van der Waals surface area (Å²) in [5, 5.41) is 4.02. The molecule has 0 atom stereocenters. The van der Waals surface area contributed by atoms with E-state index in [0.29, 0.717) is 5.82 Å². The zero-order chi connectivity index (χ0) is 16.4. The minimum absolute atomic E-state index is 0.0362. The summed E-state index contributed by atoms with van der Waals surface area (Å²) in [6.07, 6.45) is 6.64. The Hall–Kier alpha value is -1.34. The van der Waals surface area contributed by atoms with Gasteiger partial charge in [0.1, 0.15) is 5.82 Å². The highest BCUT2D eigenvalue weighted by Gasteiger charge is 2.34. The van der Waals surface area contributed by atoms with E-state index < -0.39 is 10.0 Å². The number of sulfonamides is 1. The van der Waals surface area contributed by atoms with Gasteiger partial charge in [-0.2, -0.15) is 19.8 Å². The van der Waals surface area contributed by atoms with Crippen LogP contribution >= 0.6 is 11.3 Å². The largest absolute Gasteiger partial charge is 0.331 e. The van der Waals surface area contributed by atoms with Gasteiger partial charge in [0.05, 0.1) is 11.9 Å². The standard InChI is InChI=1S/C16H23N3O2S2/c1-12(2)16-17-10-15(18-16)23(20,21)19(14-8-9-22-11-14)13-6-4-3-5-7-13/h8-13H,3-7H2,1-2H3,(H,17,18). The second-order valence-electron chi connectivity index (χ2n) is 6.36. The van der Waals surface area contributed by atoms with Crippen molar-refractivity contribution in [3.8, 4) is 0 Å². The van der Waals surface area contributed by atoms with E-state index in [1.807, 2.05) is 30.7 Å². The van der Waals surface area contributed by atoms with E-state index >= 15 is 0 Å². The van der Waals surface area contributed by atoms with Crippen molar-refractivity contribution < 1.29 is 8.42 Å². The molecule has 0 aromatic carbocycles. The maximum absolute atomic E-state index is 13.2. The van der Waals surface area contributed by atoms with Gasteiger partial charge in [0.2, 0.25) is 0 Å². The van der Waals surface area contributed by atoms with Gasteiger partial charge in [-0.25, -0.2) is 4.98 Å². The first-order chi connectivity index (χ1) is 11.0. The highest BCUT2D eigenvalue weighted by atomic mass is 32.2. The number of nitrogens with one attached hydrogen (secondary N) is 1. The second kappa shape index (κ2) is 6.65. The van der Waals surface area contributed by atoms with E-state index in [0.717, 1.165) is 31.4 Å². The molecule has 3 rings (SSSR count). The SMILES string of the molecule is CC(C)c1ncc(S(=O)(=O)N(c2ccsc2)C2CCCCC2)[nH]1. The molecule has 0 aliphatic heterocycles. The molecule has 0 bridgehead atoms. The Labute approximate surface area is 141 Å². The number of anilines is 1. The van der Waals surface area contributed by atoms with Crippen LogP contribution in [-0.4, -0.2) is 24.4 Å². The summed E-state index contributed by atoms with van der Waals surface area (Å²) < 4.78 is 28.1. The third-order valence-electron chi connectivity index (χ3n) is 4.32. The average molecular weight is 354 g/mol. The molecule has 2 heterocycles. The van der Waals surface area contributed by atoms with Gasteiger partial charge in [-0.05, 0) is 24.3 Å². The topological polar surface area (TPSA) is 66.1 Å². The van der Waals surface area contributed by atoms with Crippen LogP contribution in [0, 0.1) is 0 Å². The lowest BCUT2D eigenvalue weighted by atomic mass is 9.95. The van der Waals surface area contributed by atoms with Gasteiger partial charge in [0.15, 0.2) is 5.03 Å². The van der Waals surface area contributed by atoms with Gasteiger partial charge < -0.3 is 4.98 Å². The van der Waals surface area contributed by atoms with Crippen LogP contribution in [0.5, 0.6) is 0 Å². The van der Waals surface area contributed by atoms with Crippen molar-refractivity contribution in [2.75, 3.05) is 4.31 Å². The first-order valence-corrected chi connectivity index (χ1v) is 10.5. The minimum Gasteiger partial charge on any atom is -0.331 e. The van der Waals surface area contributed by atoms with E-state index in [1.54, 1.807) is 4.31 Å². The molecule has 1 aliphatic carbocycles. The number of rotatable bonds is 5. The molecular weight excluding hydrogens is 330 g/mol. The predicted molar refractivity (Wildman–Crippen MR) is 93.5 cm³/mol. The molecule has 1 aliphatic rings. The van der Waals surface area contributed by atoms with Crippen molar-refractivity contribution in [3.05, 3.63) is 28.8 Å². The van der Waals surface area contributed by atoms with Gasteiger partial charge in [0, 0.05) is 17.3 Å². The Morgan fingerprint density at radius 2 is 2.04 bits per heavy atom. The maximum atomic E-state index is 13.2. The normalized spacial score (nSPS) is 16.8. The quantitative estimate of drug-likeness (QED) is 0.879. The number of nitrogens with zero attached hydrogens (tertiary/aromatic N) is 2. The fourth-order valence-corrected chi connectivity index (χ4v) is 5.41. The summed E-state index contributed by atoms with van der Waals surface area (Å²) in [5.74, 6) is 0.876. The van der Waals surface area contributed by atoms with Crippen LogP contribution in [0.3, 0.4) is 0 Å². The van der Waals surface area contributed by atoms with Gasteiger partial charge in [-0.15, -0.1) is 0 Å². The van der Waals surface area contributed by atoms with Crippen molar-refractivity contribution in [1.82, 2.24) is 9.97 Å². The number of thiophene rings is 1. The summed E-state index contributed by atoms with van der Waals surface area (Å²) in [7, 11) is -3.61. The Bertz CT molecular complexity index is 729. The van der Waals surface area contributed by atoms with E-state index in [-0.39, 0.29) is 17.0 Å². The number of imidazole rings is 1. The van der Waals surface area contributed by atoms with Crippen molar-refractivity contribution in [2.45, 2.75) is 62.9 Å². The third kappa shape index (κ3) is 3.30. The average Bonchev–Trinajstić information content (AvgIpc) is 3.20. The summed E-state index contributed by atoms with van der Waals surface area (Å²) in [4.78, 5) is 7.23. The van der Waals surface area contributed by atoms with Crippen LogP contribution in [0.1, 0.15) is 57.7 Å². The predicted octanol–water partition coefficient (Wildman–Crippen LogP) is 4.12. The smallest absolute Gasteiger partial charge is 0.281 e. The van der Waals surface area contributed by atoms with E-state index in [9.17, 15) is 8.42 Å². The fourth-order valence-electron chi connectivity index (χ4n) is 3.09. The number of H-pyrrole nitrogens is 1. The molecule has 1 fully saturated rings. The van der Waals surface area contributed by atoms with Crippen molar-refractivity contribution in [1.29, 1.82) is 0 Å². The van der Waals surface area contributed by atoms with Crippen molar-refractivity contribution in [3.63, 3.8) is 0 Å². The molecule has 1 N–H and O–H groups in total. The zero-order valence-electron chi connectivity index (χ0n) is 13.5. The van der Waals surface area contributed by atoms with Gasteiger partial charge in [-0.1, -0.05) is 33.1 Å². The summed E-state index contributed by atoms with van der Waals surface area (Å²) in [6, 6.07) is 1.92. The molecular formula is C16H23N3O2S2. The lowest BCUT2D eigenvalue weighted by Crippen LogP contribution is -2.41. The number of aromatic nitrogens is 2. The lowest BCUT2D eigenvalue weighted by molar-refractivity contribution is 0.438. The highest BCUT2D eigenvalue weighted by molar-refractivity contribution is 7.92. The molecule has 2 aromatic heterocycles. The van der Waals surface area contributed by atoms with E-state index in [1.165, 1.54) is 24.0 Å². The van der Waals surface area contributed by atoms with Crippen LogP contribution in [0.2, 0.25) is 0 Å². The molecule has 0 radical (unpaired) electrons. The summed E-state index contributed by atoms with van der Waals surface area (Å²) >= 11 is 1.52. The highest BCUT2D eigenvalue weighted by Crippen LogP contribution is 2.33. The van der Waals surface area contributed by atoms with Crippen molar-refractivity contribution in [2.24, 2.45) is 0 Å². The second-order valence-corrected chi connectivity index (χ2v) is 8.93. The molecule has 0 unspecified atom stereocenters. The summed E-state index contributed by atoms with van der Waals surface area (Å²) in [6.45, 7) is 3.99. The van der Waals surface area contributed by atoms with Gasteiger partial charge in [-0.3, -0.25) is 4.31 Å². The fraction of sp³-hybridized carbons (Fsp3) is 0.562. The summed E-state index contributed by atoms with van der Waals surface area (Å²) in [5.41, 5.74) is 0.766. The monoisotopic (exact) mass is 353 g/mol. The van der Waals surface area contributed by atoms with Crippen LogP contribution in [-0.2, 0) is 10.0 Å². The Morgan fingerprint density at radius 1 is 1.30 bits per heavy atom. The van der Waals surface area contributed by atoms with Crippen LogP contribution < -0.4 is 4.31 Å². The first-order valence-electron chi connectivity index (χ1n) is 8.11. The third-order valence-corrected chi connectivity index (χ3v) is 6.78. The van der Waals surface area contributed by atoms with Gasteiger partial charge >= 0.3 is 0 Å². The molecule has 7 heteroatoms. The molecule has 5 nitrogen and oxygen atoms in total. The Morgan fingerprint density at radius 3 is 2.61 bits per heavy atom. The van der Waals surface area contributed by atoms with Crippen molar-refractivity contribution >= 4 is 27.0 Å². The lowest BCUT2D eigenvalue weighted by Gasteiger charge is -2.34. The first kappa shape index (κ1) is 16.5. The Kier molecular flexibility index (Phi) is 4.77. The maximum Gasteiger partial charge on any atom is 0.281 e. The molecule has 0 spiro atoms. The number of hydrogen-bond acceptors (Lipinski definition) is 4. The number of hydrogen-bond donors (Lipinski definition) is 1. The van der Waals surface area contributed by atoms with Crippen LogP contribution in [0.25, 0.3) is 0 Å². The van der Waals surface area contributed by atoms with Crippen LogP contribution in [0.15, 0.2) is 28.0 Å². The molecule has 23 heavy (non-hydrogen) atoms. The van der Waals surface area contributed by atoms with Crippen LogP contribution in [0.4, 0.5) is 5.69 Å². The van der Waals surface area contributed by atoms with E-state index in [4.69, 9.17) is 0 Å². The Balaban J connectivity index is 2.00. The molecule has 2 aromatic rings. The molecule has 0 saturated heterocycles. The zero-order valence-corrected chi connectivity index (χ0v) is 15.2. The number of aromatic amines is 1. The van der Waals surface area contributed by atoms with E-state index in [2.05, 4.69) is 9.97 Å². The minimum atomic E-state index is -3.61. The van der Waals surface area contributed by atoms with Gasteiger partial charge in [0.25, 0.3) is 10.0 Å². The molecule has 1 saturated carbocycles.